The summed E-state index contributed by atoms with van der Waals surface area (Å²) < 4.78 is 0. The van der Waals surface area contributed by atoms with Crippen LogP contribution in [0.1, 0.15) is 13.8 Å². The third kappa shape index (κ3) is 1.22. The zero-order valence-corrected chi connectivity index (χ0v) is 7.46. The van der Waals surface area contributed by atoms with Crippen molar-refractivity contribution in [2.45, 2.75) is 19.4 Å². The second kappa shape index (κ2) is 2.37. The summed E-state index contributed by atoms with van der Waals surface area (Å²) in [7, 11) is 0. The Hall–Kier alpha value is -1.24. The molecule has 0 aromatic heterocycles. The Morgan fingerprint density at radius 1 is 1.08 bits per heavy atom. The number of rotatable bonds is 0. The molecule has 1 aliphatic rings. The molecule has 0 amide bonds. The van der Waals surface area contributed by atoms with Gasteiger partial charge >= 0.3 is 0 Å². The van der Waals surface area contributed by atoms with Gasteiger partial charge in [-0.25, -0.2) is 0 Å². The normalized spacial score (nSPS) is 18.2. The van der Waals surface area contributed by atoms with Gasteiger partial charge in [0.1, 0.15) is 0 Å². The minimum atomic E-state index is 0.0916. The summed E-state index contributed by atoms with van der Waals surface area (Å²) in [5.41, 5.74) is 0.0916. The van der Waals surface area contributed by atoms with E-state index in [4.69, 9.17) is 0 Å². The number of hydrogen-bond donors (Lipinski definition) is 1. The lowest BCUT2D eigenvalue weighted by atomic mass is 10.0. The zero-order chi connectivity index (χ0) is 8.60. The van der Waals surface area contributed by atoms with Crippen molar-refractivity contribution in [2.24, 2.45) is 0 Å². The summed E-state index contributed by atoms with van der Waals surface area (Å²) in [6, 6.07) is 8.40. The van der Waals surface area contributed by atoms with Crippen molar-refractivity contribution < 1.29 is 0 Å². The van der Waals surface area contributed by atoms with Crippen LogP contribution in [0, 0.1) is 0 Å². The summed E-state index contributed by atoms with van der Waals surface area (Å²) in [6.07, 6.45) is 4.33. The predicted molar refractivity (Wildman–Crippen MR) is 51.8 cm³/mol. The topological polar surface area (TPSA) is 12.0 Å². The molecular weight excluding hydrogens is 146 g/mol. The minimum absolute atomic E-state index is 0.0916. The van der Waals surface area contributed by atoms with Crippen molar-refractivity contribution in [3.8, 4) is 0 Å². The first-order valence-corrected chi connectivity index (χ1v) is 4.23. The molecule has 0 saturated heterocycles. The van der Waals surface area contributed by atoms with Gasteiger partial charge in [-0.05, 0) is 24.3 Å². The minimum Gasteiger partial charge on any atom is -0.382 e. The van der Waals surface area contributed by atoms with Crippen molar-refractivity contribution >= 4 is 12.3 Å². The Balaban J connectivity index is 2.72. The summed E-state index contributed by atoms with van der Waals surface area (Å²) in [5, 5.41) is 5.93. The fraction of sp³-hybridized carbons (Fsp3) is 0.273. The molecule has 1 aromatic rings. The first kappa shape index (κ1) is 7.41. The lowest BCUT2D eigenvalue weighted by Gasteiger charge is -2.23. The van der Waals surface area contributed by atoms with Gasteiger partial charge in [0, 0.05) is 6.20 Å². The molecule has 2 rings (SSSR count). The first-order valence-electron chi connectivity index (χ1n) is 4.23. The fourth-order valence-electron chi connectivity index (χ4n) is 1.47. The lowest BCUT2D eigenvalue weighted by Crippen LogP contribution is -2.44. The van der Waals surface area contributed by atoms with Crippen molar-refractivity contribution in [3.63, 3.8) is 0 Å². The van der Waals surface area contributed by atoms with E-state index in [-0.39, 0.29) is 5.54 Å². The standard InChI is InChI=1S/C11H13N/c1-11(2)7-9-5-3-4-6-10(9)8-12-11/h3-8,12H,1-2H3. The Morgan fingerprint density at radius 3 is 2.50 bits per heavy atom. The van der Waals surface area contributed by atoms with Gasteiger partial charge in [-0.1, -0.05) is 30.3 Å². The van der Waals surface area contributed by atoms with Gasteiger partial charge in [0.2, 0.25) is 0 Å². The van der Waals surface area contributed by atoms with Gasteiger partial charge in [-0.2, -0.15) is 0 Å². The molecule has 0 saturated carbocycles. The average molecular weight is 159 g/mol. The van der Waals surface area contributed by atoms with Gasteiger partial charge in [0.05, 0.1) is 5.54 Å². The van der Waals surface area contributed by atoms with E-state index in [9.17, 15) is 0 Å². The van der Waals surface area contributed by atoms with Gasteiger partial charge in [-0.3, -0.25) is 0 Å². The summed E-state index contributed by atoms with van der Waals surface area (Å²) in [4.78, 5) is 0. The molecule has 0 fully saturated rings. The Bertz CT molecular complexity index is 401. The van der Waals surface area contributed by atoms with Crippen LogP contribution in [0.15, 0.2) is 24.3 Å². The second-order valence-electron chi connectivity index (χ2n) is 3.78. The predicted octanol–water partition coefficient (Wildman–Crippen LogP) is 0.587. The van der Waals surface area contributed by atoms with Crippen LogP contribution in [0.3, 0.4) is 0 Å². The smallest absolute Gasteiger partial charge is 0.0503 e. The van der Waals surface area contributed by atoms with Crippen LogP contribution in [0.5, 0.6) is 0 Å². The molecule has 0 spiro atoms. The van der Waals surface area contributed by atoms with E-state index in [0.29, 0.717) is 0 Å². The van der Waals surface area contributed by atoms with E-state index >= 15 is 0 Å². The highest BCUT2D eigenvalue weighted by molar-refractivity contribution is 5.45. The molecule has 0 radical (unpaired) electrons. The second-order valence-corrected chi connectivity index (χ2v) is 3.78. The molecule has 0 aliphatic carbocycles. The van der Waals surface area contributed by atoms with Crippen LogP contribution >= 0.6 is 0 Å². The molecule has 1 nitrogen and oxygen atoms in total. The Kier molecular flexibility index (Phi) is 1.47. The zero-order valence-electron chi connectivity index (χ0n) is 7.46. The average Bonchev–Trinajstić information content (AvgIpc) is 2.02. The molecule has 1 heteroatoms. The number of benzene rings is 1. The van der Waals surface area contributed by atoms with Crippen LogP contribution < -0.4 is 15.8 Å². The van der Waals surface area contributed by atoms with E-state index in [1.807, 2.05) is 0 Å². The highest BCUT2D eigenvalue weighted by Gasteiger charge is 2.12. The molecule has 12 heavy (non-hydrogen) atoms. The maximum absolute atomic E-state index is 3.33. The molecule has 0 unspecified atom stereocenters. The lowest BCUT2D eigenvalue weighted by molar-refractivity contribution is 0.601. The fourth-order valence-corrected chi connectivity index (χ4v) is 1.47. The monoisotopic (exact) mass is 159 g/mol. The summed E-state index contributed by atoms with van der Waals surface area (Å²) in [5.74, 6) is 0. The van der Waals surface area contributed by atoms with E-state index < -0.39 is 0 Å². The third-order valence-corrected chi connectivity index (χ3v) is 2.11. The SMILES string of the molecule is CC1(C)C=c2ccccc2=CN1. The molecule has 0 bridgehead atoms. The molecule has 1 heterocycles. The first-order chi connectivity index (χ1) is 5.67. The van der Waals surface area contributed by atoms with Crippen LogP contribution in [0.25, 0.3) is 12.3 Å². The molecule has 1 N–H and O–H groups in total. The molecule has 0 atom stereocenters. The van der Waals surface area contributed by atoms with Crippen LogP contribution in [-0.4, -0.2) is 5.54 Å². The summed E-state index contributed by atoms with van der Waals surface area (Å²) >= 11 is 0. The maximum Gasteiger partial charge on any atom is 0.0503 e. The van der Waals surface area contributed by atoms with Crippen molar-refractivity contribution in [3.05, 3.63) is 34.7 Å². The Morgan fingerprint density at radius 2 is 1.75 bits per heavy atom. The number of fused-ring (bicyclic) bond motifs is 1. The van der Waals surface area contributed by atoms with E-state index in [1.54, 1.807) is 0 Å². The maximum atomic E-state index is 3.33. The van der Waals surface area contributed by atoms with Crippen molar-refractivity contribution in [1.82, 2.24) is 5.32 Å². The third-order valence-electron chi connectivity index (χ3n) is 2.11. The van der Waals surface area contributed by atoms with Gasteiger partial charge in [0.25, 0.3) is 0 Å². The molecule has 1 aromatic carbocycles. The van der Waals surface area contributed by atoms with E-state index in [1.165, 1.54) is 10.4 Å². The summed E-state index contributed by atoms with van der Waals surface area (Å²) in [6.45, 7) is 4.33. The quantitative estimate of drug-likeness (QED) is 0.584. The Labute approximate surface area is 72.4 Å². The van der Waals surface area contributed by atoms with Gasteiger partial charge in [0.15, 0.2) is 0 Å². The van der Waals surface area contributed by atoms with E-state index in [0.717, 1.165) is 0 Å². The number of hydrogen-bond acceptors (Lipinski definition) is 1. The van der Waals surface area contributed by atoms with Gasteiger partial charge < -0.3 is 5.32 Å². The van der Waals surface area contributed by atoms with Crippen LogP contribution in [-0.2, 0) is 0 Å². The highest BCUT2D eigenvalue weighted by atomic mass is 14.9. The van der Waals surface area contributed by atoms with E-state index in [2.05, 4.69) is 55.7 Å². The number of nitrogens with one attached hydrogen (secondary N) is 1. The van der Waals surface area contributed by atoms with Gasteiger partial charge in [-0.15, -0.1) is 0 Å². The van der Waals surface area contributed by atoms with Crippen LogP contribution in [0.2, 0.25) is 0 Å². The molecule has 62 valence electrons. The molecular formula is C11H13N. The van der Waals surface area contributed by atoms with Crippen molar-refractivity contribution in [1.29, 1.82) is 0 Å². The van der Waals surface area contributed by atoms with Crippen molar-refractivity contribution in [2.75, 3.05) is 0 Å². The van der Waals surface area contributed by atoms with Crippen LogP contribution in [0.4, 0.5) is 0 Å². The largest absolute Gasteiger partial charge is 0.382 e. The molecule has 1 aliphatic heterocycles. The highest BCUT2D eigenvalue weighted by Crippen LogP contribution is 2.04.